The van der Waals surface area contributed by atoms with E-state index in [0.29, 0.717) is 12.3 Å². The lowest BCUT2D eigenvalue weighted by atomic mass is 9.69. The second-order valence-corrected chi connectivity index (χ2v) is 10.0. The molecule has 1 aromatic heterocycles. The van der Waals surface area contributed by atoms with Gasteiger partial charge in [0.1, 0.15) is 0 Å². The van der Waals surface area contributed by atoms with Gasteiger partial charge in [-0.3, -0.25) is 9.78 Å². The van der Waals surface area contributed by atoms with E-state index < -0.39 is 10.0 Å². The second-order valence-electron chi connectivity index (χ2n) is 8.17. The van der Waals surface area contributed by atoms with Gasteiger partial charge < -0.3 is 0 Å². The lowest BCUT2D eigenvalue weighted by Gasteiger charge is -2.37. The maximum absolute atomic E-state index is 12.8. The second kappa shape index (κ2) is 5.04. The molecule has 0 aromatic carbocycles. The number of sulfonamides is 1. The van der Waals surface area contributed by atoms with Gasteiger partial charge in [0.2, 0.25) is 15.9 Å². The molecule has 4 rings (SSSR count). The van der Waals surface area contributed by atoms with Gasteiger partial charge in [0.15, 0.2) is 0 Å². The molecule has 3 aliphatic rings. The first kappa shape index (κ1) is 16.1. The Morgan fingerprint density at radius 2 is 2.04 bits per heavy atom. The van der Waals surface area contributed by atoms with E-state index in [1.54, 1.807) is 12.4 Å². The van der Waals surface area contributed by atoms with Crippen LogP contribution in [0, 0.1) is 16.7 Å². The topological polar surface area (TPSA) is 67.3 Å². The first-order chi connectivity index (χ1) is 11.3. The number of hydrogen-bond acceptors (Lipinski definition) is 4. The van der Waals surface area contributed by atoms with Crippen molar-refractivity contribution < 1.29 is 13.2 Å². The largest absolute Gasteiger partial charge is 0.274 e. The molecule has 0 unspecified atom stereocenters. The maximum Gasteiger partial charge on any atom is 0.238 e. The highest BCUT2D eigenvalue weighted by atomic mass is 32.2. The number of aryl methyl sites for hydroxylation is 1. The van der Waals surface area contributed by atoms with Gasteiger partial charge in [0.05, 0.1) is 11.8 Å². The molecule has 1 saturated heterocycles. The van der Waals surface area contributed by atoms with Gasteiger partial charge in [-0.15, -0.1) is 0 Å². The van der Waals surface area contributed by atoms with Crippen LogP contribution in [0.2, 0.25) is 0 Å². The minimum Gasteiger partial charge on any atom is -0.274 e. The summed E-state index contributed by atoms with van der Waals surface area (Å²) in [5, 5.41) is 0. The van der Waals surface area contributed by atoms with Crippen molar-refractivity contribution in [2.24, 2.45) is 16.7 Å². The SMILES string of the molecule is CC1(C)[C@@H]2CC[C@@]13CS(=O)(=O)N(C(=O)CCc1ccncc1)[C@@H]3C2. The summed E-state index contributed by atoms with van der Waals surface area (Å²) in [7, 11) is -3.49. The molecule has 1 spiro atoms. The number of fused-ring (bicyclic) bond motifs is 1. The summed E-state index contributed by atoms with van der Waals surface area (Å²) in [5.74, 6) is 0.445. The molecule has 24 heavy (non-hydrogen) atoms. The van der Waals surface area contributed by atoms with Crippen LogP contribution in [0.3, 0.4) is 0 Å². The smallest absolute Gasteiger partial charge is 0.238 e. The van der Waals surface area contributed by atoms with Crippen molar-refractivity contribution in [3.05, 3.63) is 30.1 Å². The van der Waals surface area contributed by atoms with Gasteiger partial charge in [-0.05, 0) is 54.7 Å². The predicted octanol–water partition coefficient (Wildman–Crippen LogP) is 2.38. The standard InChI is InChI=1S/C18H24N2O3S/c1-17(2)14-5-8-18(17)12-24(22,23)20(15(18)11-14)16(21)4-3-13-6-9-19-10-7-13/h6-7,9-10,14-15H,3-5,8,11-12H2,1-2H3/t14-,15-,18+/m1/s1. The Labute approximate surface area is 143 Å². The number of carbonyl (C=O) groups excluding carboxylic acids is 1. The normalized spacial score (nSPS) is 35.2. The summed E-state index contributed by atoms with van der Waals surface area (Å²) < 4.78 is 26.9. The number of amides is 1. The van der Waals surface area contributed by atoms with Crippen molar-refractivity contribution >= 4 is 15.9 Å². The Balaban J connectivity index is 1.58. The quantitative estimate of drug-likeness (QED) is 0.841. The van der Waals surface area contributed by atoms with Gasteiger partial charge >= 0.3 is 0 Å². The molecule has 1 aromatic rings. The van der Waals surface area contributed by atoms with Gasteiger partial charge in [-0.25, -0.2) is 12.7 Å². The van der Waals surface area contributed by atoms with Gasteiger partial charge in [-0.1, -0.05) is 13.8 Å². The number of rotatable bonds is 3. The molecular weight excluding hydrogens is 324 g/mol. The van der Waals surface area contributed by atoms with Crippen molar-refractivity contribution in [3.8, 4) is 0 Å². The van der Waals surface area contributed by atoms with Gasteiger partial charge in [0, 0.05) is 24.2 Å². The first-order valence-electron chi connectivity index (χ1n) is 8.72. The number of nitrogens with zero attached hydrogens (tertiary/aromatic N) is 2. The highest BCUT2D eigenvalue weighted by molar-refractivity contribution is 7.90. The zero-order valence-corrected chi connectivity index (χ0v) is 15.1. The van der Waals surface area contributed by atoms with E-state index in [1.807, 2.05) is 12.1 Å². The van der Waals surface area contributed by atoms with E-state index in [9.17, 15) is 13.2 Å². The highest BCUT2D eigenvalue weighted by Gasteiger charge is 2.72. The van der Waals surface area contributed by atoms with Gasteiger partial charge in [0.25, 0.3) is 0 Å². The molecule has 0 N–H and O–H groups in total. The van der Waals surface area contributed by atoms with Crippen molar-refractivity contribution in [2.75, 3.05) is 5.75 Å². The zero-order valence-electron chi connectivity index (χ0n) is 14.2. The van der Waals surface area contributed by atoms with Crippen LogP contribution in [0.25, 0.3) is 0 Å². The summed E-state index contributed by atoms with van der Waals surface area (Å²) in [6, 6.07) is 3.61. The summed E-state index contributed by atoms with van der Waals surface area (Å²) in [4.78, 5) is 16.8. The Morgan fingerprint density at radius 3 is 2.71 bits per heavy atom. The molecule has 2 saturated carbocycles. The van der Waals surface area contributed by atoms with Crippen molar-refractivity contribution in [2.45, 2.75) is 52.0 Å². The Morgan fingerprint density at radius 1 is 1.33 bits per heavy atom. The van der Waals surface area contributed by atoms with Gasteiger partial charge in [-0.2, -0.15) is 0 Å². The molecule has 3 atom stereocenters. The van der Waals surface area contributed by atoms with E-state index >= 15 is 0 Å². The fourth-order valence-corrected chi connectivity index (χ4v) is 8.10. The van der Waals surface area contributed by atoms with E-state index in [-0.39, 0.29) is 35.0 Å². The molecule has 5 nitrogen and oxygen atoms in total. The lowest BCUT2D eigenvalue weighted by molar-refractivity contribution is -0.129. The zero-order chi connectivity index (χ0) is 17.2. The number of carbonyl (C=O) groups is 1. The highest BCUT2D eigenvalue weighted by Crippen LogP contribution is 2.69. The Kier molecular flexibility index (Phi) is 3.37. The molecule has 2 heterocycles. The van der Waals surface area contributed by atoms with E-state index in [2.05, 4.69) is 18.8 Å². The maximum atomic E-state index is 12.8. The van der Waals surface area contributed by atoms with E-state index in [0.717, 1.165) is 24.8 Å². The molecule has 1 aliphatic heterocycles. The number of pyridine rings is 1. The molecular formula is C18H24N2O3S. The minimum absolute atomic E-state index is 0.00483. The monoisotopic (exact) mass is 348 g/mol. The summed E-state index contributed by atoms with van der Waals surface area (Å²) in [6.45, 7) is 4.40. The lowest BCUT2D eigenvalue weighted by Crippen LogP contribution is -2.44. The van der Waals surface area contributed by atoms with Crippen LogP contribution in [0.5, 0.6) is 0 Å². The van der Waals surface area contributed by atoms with Crippen LogP contribution >= 0.6 is 0 Å². The average Bonchev–Trinajstić information content (AvgIpc) is 3.01. The molecule has 1 amide bonds. The minimum atomic E-state index is -3.49. The number of aromatic nitrogens is 1. The third-order valence-electron chi connectivity index (χ3n) is 7.03. The van der Waals surface area contributed by atoms with Crippen LogP contribution in [0.4, 0.5) is 0 Å². The Hall–Kier alpha value is -1.43. The van der Waals surface area contributed by atoms with Crippen LogP contribution in [0.1, 0.15) is 45.1 Å². The third-order valence-corrected chi connectivity index (χ3v) is 8.97. The van der Waals surface area contributed by atoms with Crippen LogP contribution in [0.15, 0.2) is 24.5 Å². The van der Waals surface area contributed by atoms with Crippen molar-refractivity contribution in [1.29, 1.82) is 0 Å². The first-order valence-corrected chi connectivity index (χ1v) is 10.3. The predicted molar refractivity (Wildman–Crippen MR) is 90.5 cm³/mol. The van der Waals surface area contributed by atoms with Crippen molar-refractivity contribution in [3.63, 3.8) is 0 Å². The number of hydrogen-bond donors (Lipinski definition) is 0. The summed E-state index contributed by atoms with van der Waals surface area (Å²) in [6.07, 6.45) is 7.05. The van der Waals surface area contributed by atoms with Crippen LogP contribution in [-0.2, 0) is 21.2 Å². The fraction of sp³-hybridized carbons (Fsp3) is 0.667. The molecule has 2 aliphatic carbocycles. The molecule has 130 valence electrons. The molecule has 0 radical (unpaired) electrons. The van der Waals surface area contributed by atoms with Crippen LogP contribution in [-0.4, -0.2) is 35.4 Å². The third kappa shape index (κ3) is 2.01. The van der Waals surface area contributed by atoms with Crippen LogP contribution < -0.4 is 0 Å². The fourth-order valence-electron chi connectivity index (χ4n) is 5.53. The molecule has 3 fully saturated rings. The van der Waals surface area contributed by atoms with E-state index in [4.69, 9.17) is 0 Å². The Bertz CT molecular complexity index is 775. The molecule has 6 heteroatoms. The summed E-state index contributed by atoms with van der Waals surface area (Å²) in [5.41, 5.74) is 0.783. The molecule has 2 bridgehead atoms. The van der Waals surface area contributed by atoms with Crippen molar-refractivity contribution in [1.82, 2.24) is 9.29 Å². The average molecular weight is 348 g/mol. The summed E-state index contributed by atoms with van der Waals surface area (Å²) >= 11 is 0. The van der Waals surface area contributed by atoms with E-state index in [1.165, 1.54) is 4.31 Å².